The van der Waals surface area contributed by atoms with Gasteiger partial charge < -0.3 is 4.74 Å². The molecular weight excluding hydrogens is 198 g/mol. The summed E-state index contributed by atoms with van der Waals surface area (Å²) >= 11 is 1.32. The van der Waals surface area contributed by atoms with Crippen LogP contribution in [0.2, 0.25) is 0 Å². The molecule has 0 amide bonds. The van der Waals surface area contributed by atoms with E-state index in [1.165, 1.54) is 11.9 Å². The number of hydrogen-bond donors (Lipinski definition) is 1. The summed E-state index contributed by atoms with van der Waals surface area (Å²) in [5.74, 6) is 1.68. The van der Waals surface area contributed by atoms with Gasteiger partial charge in [-0.2, -0.15) is 0 Å². The minimum atomic E-state index is 0.657. The summed E-state index contributed by atoms with van der Waals surface area (Å²) in [4.78, 5) is 10.4. The van der Waals surface area contributed by atoms with Gasteiger partial charge in [-0.15, -0.1) is 0 Å². The second-order valence-electron chi connectivity index (χ2n) is 2.76. The molecular formula is C10H13NO2S. The Balaban J connectivity index is 2.32. The molecule has 0 saturated heterocycles. The monoisotopic (exact) mass is 211 g/mol. The molecule has 0 spiro atoms. The Morgan fingerprint density at radius 1 is 1.36 bits per heavy atom. The predicted molar refractivity (Wildman–Crippen MR) is 58.6 cm³/mol. The van der Waals surface area contributed by atoms with Crippen LogP contribution in [-0.2, 0) is 0 Å². The highest BCUT2D eigenvalue weighted by atomic mass is 32.2. The first-order chi connectivity index (χ1) is 6.86. The minimum Gasteiger partial charge on any atom is -0.494 e. The van der Waals surface area contributed by atoms with Gasteiger partial charge in [0.15, 0.2) is 0 Å². The molecule has 3 nitrogen and oxygen atoms in total. The fraction of sp³-hybridized carbons (Fsp3) is 0.300. The van der Waals surface area contributed by atoms with E-state index in [2.05, 4.69) is 0 Å². The van der Waals surface area contributed by atoms with Crippen LogP contribution in [0, 0.1) is 0 Å². The molecule has 0 fully saturated rings. The maximum Gasteiger partial charge on any atom is 0.150 e. The minimum absolute atomic E-state index is 0.657. The fourth-order valence-corrected chi connectivity index (χ4v) is 1.26. The third kappa shape index (κ3) is 3.81. The quantitative estimate of drug-likeness (QED) is 0.443. The van der Waals surface area contributed by atoms with Crippen LogP contribution in [0.15, 0.2) is 24.3 Å². The molecule has 1 rings (SSSR count). The van der Waals surface area contributed by atoms with Gasteiger partial charge in [0.2, 0.25) is 0 Å². The van der Waals surface area contributed by atoms with Gasteiger partial charge in [-0.1, -0.05) is 11.9 Å². The molecule has 1 aromatic rings. The van der Waals surface area contributed by atoms with E-state index < -0.39 is 0 Å². The maximum absolute atomic E-state index is 10.4. The first-order valence-electron chi connectivity index (χ1n) is 4.36. The largest absolute Gasteiger partial charge is 0.494 e. The normalized spacial score (nSPS) is 9.79. The van der Waals surface area contributed by atoms with Crippen LogP contribution in [0.4, 0.5) is 0 Å². The zero-order valence-corrected chi connectivity index (χ0v) is 8.63. The van der Waals surface area contributed by atoms with Crippen molar-refractivity contribution in [3.63, 3.8) is 0 Å². The highest BCUT2D eigenvalue weighted by Crippen LogP contribution is 2.11. The van der Waals surface area contributed by atoms with Crippen molar-refractivity contribution in [3.05, 3.63) is 29.8 Å². The third-order valence-corrected chi connectivity index (χ3v) is 2.22. The standard InChI is InChI=1S/C10H13NO2S/c11-14-7-1-6-13-10-4-2-9(8-12)3-5-10/h2-5,8H,1,6-7,11H2. The highest BCUT2D eigenvalue weighted by Gasteiger charge is 1.94. The van der Waals surface area contributed by atoms with Crippen molar-refractivity contribution in [2.24, 2.45) is 5.14 Å². The molecule has 0 radical (unpaired) electrons. The molecule has 76 valence electrons. The Morgan fingerprint density at radius 3 is 2.64 bits per heavy atom. The zero-order chi connectivity index (χ0) is 10.2. The lowest BCUT2D eigenvalue weighted by Crippen LogP contribution is -1.99. The number of hydrogen-bond acceptors (Lipinski definition) is 4. The summed E-state index contributed by atoms with van der Waals surface area (Å²) in [6, 6.07) is 7.05. The lowest BCUT2D eigenvalue weighted by atomic mass is 10.2. The molecule has 0 aromatic heterocycles. The van der Waals surface area contributed by atoms with Gasteiger partial charge in [-0.25, -0.2) is 0 Å². The topological polar surface area (TPSA) is 52.3 Å². The summed E-state index contributed by atoms with van der Waals surface area (Å²) in [5, 5.41) is 5.27. The van der Waals surface area contributed by atoms with Crippen LogP contribution in [0.5, 0.6) is 5.75 Å². The Morgan fingerprint density at radius 2 is 2.07 bits per heavy atom. The number of rotatable bonds is 6. The van der Waals surface area contributed by atoms with E-state index in [0.29, 0.717) is 12.2 Å². The highest BCUT2D eigenvalue weighted by molar-refractivity contribution is 7.97. The van der Waals surface area contributed by atoms with Crippen LogP contribution in [-0.4, -0.2) is 18.6 Å². The van der Waals surface area contributed by atoms with Crippen LogP contribution in [0.3, 0.4) is 0 Å². The summed E-state index contributed by atoms with van der Waals surface area (Å²) < 4.78 is 5.42. The average Bonchev–Trinajstić information content (AvgIpc) is 2.25. The second-order valence-corrected chi connectivity index (χ2v) is 3.50. The Hall–Kier alpha value is -1.00. The molecule has 0 bridgehead atoms. The molecule has 0 atom stereocenters. The molecule has 0 heterocycles. The van der Waals surface area contributed by atoms with Gasteiger partial charge in [0.1, 0.15) is 12.0 Å². The molecule has 0 saturated carbocycles. The second kappa shape index (κ2) is 6.45. The SMILES string of the molecule is NSCCCOc1ccc(C=O)cc1. The van der Waals surface area contributed by atoms with Gasteiger partial charge in [-0.05, 0) is 30.7 Å². The van der Waals surface area contributed by atoms with Gasteiger partial charge in [0.05, 0.1) is 6.61 Å². The summed E-state index contributed by atoms with van der Waals surface area (Å²) in [6.45, 7) is 0.657. The van der Waals surface area contributed by atoms with E-state index in [0.717, 1.165) is 24.2 Å². The van der Waals surface area contributed by atoms with Crippen molar-refractivity contribution in [3.8, 4) is 5.75 Å². The van der Waals surface area contributed by atoms with Crippen molar-refractivity contribution < 1.29 is 9.53 Å². The van der Waals surface area contributed by atoms with Crippen LogP contribution >= 0.6 is 11.9 Å². The molecule has 0 unspecified atom stereocenters. The summed E-state index contributed by atoms with van der Waals surface area (Å²) in [6.07, 6.45) is 1.74. The van der Waals surface area contributed by atoms with E-state index in [1.54, 1.807) is 24.3 Å². The molecule has 4 heteroatoms. The predicted octanol–water partition coefficient (Wildman–Crippen LogP) is 1.87. The Labute approximate surface area is 87.8 Å². The molecule has 14 heavy (non-hydrogen) atoms. The lowest BCUT2D eigenvalue weighted by molar-refractivity contribution is 0.112. The maximum atomic E-state index is 10.4. The van der Waals surface area contributed by atoms with Crippen molar-refractivity contribution in [1.82, 2.24) is 0 Å². The number of benzene rings is 1. The van der Waals surface area contributed by atoms with Gasteiger partial charge in [-0.3, -0.25) is 9.93 Å². The Bertz CT molecular complexity index is 274. The van der Waals surface area contributed by atoms with E-state index in [-0.39, 0.29) is 0 Å². The van der Waals surface area contributed by atoms with E-state index in [1.807, 2.05) is 0 Å². The molecule has 0 aliphatic heterocycles. The first kappa shape index (κ1) is 11.1. The van der Waals surface area contributed by atoms with Crippen molar-refractivity contribution in [2.45, 2.75) is 6.42 Å². The van der Waals surface area contributed by atoms with E-state index >= 15 is 0 Å². The third-order valence-electron chi connectivity index (χ3n) is 1.69. The van der Waals surface area contributed by atoms with Crippen LogP contribution < -0.4 is 9.88 Å². The van der Waals surface area contributed by atoms with Crippen molar-refractivity contribution >= 4 is 18.2 Å². The molecule has 0 aliphatic rings. The van der Waals surface area contributed by atoms with E-state index in [9.17, 15) is 4.79 Å². The molecule has 1 aromatic carbocycles. The number of carbonyl (C=O) groups is 1. The van der Waals surface area contributed by atoms with Gasteiger partial charge in [0.25, 0.3) is 0 Å². The molecule has 0 aliphatic carbocycles. The lowest BCUT2D eigenvalue weighted by Gasteiger charge is -2.04. The number of nitrogens with two attached hydrogens (primary N) is 1. The molecule has 2 N–H and O–H groups in total. The summed E-state index contributed by atoms with van der Waals surface area (Å²) in [5.41, 5.74) is 0.662. The van der Waals surface area contributed by atoms with Crippen LogP contribution in [0.25, 0.3) is 0 Å². The Kier molecular flexibility index (Phi) is 5.11. The van der Waals surface area contributed by atoms with Gasteiger partial charge in [0, 0.05) is 11.3 Å². The van der Waals surface area contributed by atoms with Gasteiger partial charge >= 0.3 is 0 Å². The average molecular weight is 211 g/mol. The number of ether oxygens (including phenoxy) is 1. The smallest absolute Gasteiger partial charge is 0.150 e. The van der Waals surface area contributed by atoms with Crippen molar-refractivity contribution in [1.29, 1.82) is 0 Å². The summed E-state index contributed by atoms with van der Waals surface area (Å²) in [7, 11) is 0. The van der Waals surface area contributed by atoms with Crippen molar-refractivity contribution in [2.75, 3.05) is 12.4 Å². The number of carbonyl (C=O) groups excluding carboxylic acids is 1. The first-order valence-corrected chi connectivity index (χ1v) is 5.41. The number of aldehydes is 1. The zero-order valence-electron chi connectivity index (χ0n) is 7.81. The van der Waals surface area contributed by atoms with Crippen LogP contribution in [0.1, 0.15) is 16.8 Å². The van der Waals surface area contributed by atoms with E-state index in [4.69, 9.17) is 9.88 Å². The fourth-order valence-electron chi connectivity index (χ4n) is 0.975.